The number of aryl methyl sites for hydroxylation is 1. The Morgan fingerprint density at radius 1 is 0.926 bits per heavy atom. The summed E-state index contributed by atoms with van der Waals surface area (Å²) in [6, 6.07) is 17.0. The number of hydrogen-bond donors (Lipinski definition) is 2. The third-order valence-electron chi connectivity index (χ3n) is 3.68. The molecular formula is C20H21IN2O4. The van der Waals surface area contributed by atoms with Gasteiger partial charge in [0.1, 0.15) is 6.54 Å². The molecule has 0 bridgehead atoms. The van der Waals surface area contributed by atoms with Crippen molar-refractivity contribution in [3.05, 3.63) is 69.3 Å². The molecule has 142 valence electrons. The quantitative estimate of drug-likeness (QED) is 0.328. The average Bonchev–Trinajstić information content (AvgIpc) is 2.69. The highest BCUT2D eigenvalue weighted by atomic mass is 127. The Hall–Kier alpha value is -2.42. The van der Waals surface area contributed by atoms with Crippen LogP contribution in [0.5, 0.6) is 0 Å². The van der Waals surface area contributed by atoms with E-state index in [4.69, 9.17) is 4.74 Å². The van der Waals surface area contributed by atoms with Crippen molar-refractivity contribution in [2.75, 3.05) is 19.7 Å². The van der Waals surface area contributed by atoms with Gasteiger partial charge in [0.05, 0.1) is 5.56 Å². The third kappa shape index (κ3) is 7.78. The Kier molecular flexibility index (Phi) is 8.76. The monoisotopic (exact) mass is 480 g/mol. The number of halogens is 1. The predicted molar refractivity (Wildman–Crippen MR) is 110 cm³/mol. The molecule has 2 amide bonds. The molecule has 2 aromatic carbocycles. The van der Waals surface area contributed by atoms with Crippen LogP contribution in [0.25, 0.3) is 0 Å². The molecule has 0 aliphatic carbocycles. The first-order valence-corrected chi connectivity index (χ1v) is 9.63. The van der Waals surface area contributed by atoms with E-state index in [-0.39, 0.29) is 25.0 Å². The zero-order valence-electron chi connectivity index (χ0n) is 14.7. The lowest BCUT2D eigenvalue weighted by Crippen LogP contribution is -2.34. The van der Waals surface area contributed by atoms with Crippen LogP contribution in [0.3, 0.4) is 0 Å². The molecule has 0 radical (unpaired) electrons. The lowest BCUT2D eigenvalue weighted by Gasteiger charge is -2.08. The van der Waals surface area contributed by atoms with Gasteiger partial charge in [0.2, 0.25) is 0 Å². The van der Waals surface area contributed by atoms with Crippen molar-refractivity contribution < 1.29 is 19.1 Å². The Balaban J connectivity index is 1.58. The molecule has 7 heteroatoms. The van der Waals surface area contributed by atoms with Crippen LogP contribution in [-0.2, 0) is 20.7 Å². The Morgan fingerprint density at radius 3 is 2.37 bits per heavy atom. The van der Waals surface area contributed by atoms with E-state index in [1.807, 2.05) is 59.0 Å². The number of hydrogen-bond acceptors (Lipinski definition) is 4. The maximum absolute atomic E-state index is 12.0. The SMILES string of the molecule is O=C(COC(=O)CNC(=O)c1ccccc1I)NCCCc1ccccc1. The molecule has 0 spiro atoms. The summed E-state index contributed by atoms with van der Waals surface area (Å²) in [7, 11) is 0. The predicted octanol–water partition coefficient (Wildman–Crippen LogP) is 2.31. The minimum atomic E-state index is -0.659. The maximum atomic E-state index is 12.0. The summed E-state index contributed by atoms with van der Waals surface area (Å²) in [5.41, 5.74) is 1.70. The molecule has 2 rings (SSSR count). The molecule has 0 aliphatic heterocycles. The van der Waals surface area contributed by atoms with Crippen molar-refractivity contribution in [1.29, 1.82) is 0 Å². The van der Waals surface area contributed by atoms with Gasteiger partial charge in [-0.15, -0.1) is 0 Å². The number of carbonyl (C=O) groups is 3. The summed E-state index contributed by atoms with van der Waals surface area (Å²) >= 11 is 2.05. The van der Waals surface area contributed by atoms with Gasteiger partial charge >= 0.3 is 5.97 Å². The Labute approximate surface area is 171 Å². The number of esters is 1. The summed E-state index contributed by atoms with van der Waals surface area (Å²) in [6.07, 6.45) is 1.67. The van der Waals surface area contributed by atoms with Crippen molar-refractivity contribution in [2.24, 2.45) is 0 Å². The smallest absolute Gasteiger partial charge is 0.325 e. The Morgan fingerprint density at radius 2 is 1.63 bits per heavy atom. The van der Waals surface area contributed by atoms with Crippen LogP contribution in [0, 0.1) is 3.57 Å². The second kappa shape index (κ2) is 11.3. The zero-order valence-corrected chi connectivity index (χ0v) is 16.9. The first-order valence-electron chi connectivity index (χ1n) is 8.55. The van der Waals surface area contributed by atoms with Crippen LogP contribution in [-0.4, -0.2) is 37.5 Å². The highest BCUT2D eigenvalue weighted by Crippen LogP contribution is 2.10. The van der Waals surface area contributed by atoms with Gasteiger partial charge in [-0.25, -0.2) is 0 Å². The number of benzene rings is 2. The molecule has 0 unspecified atom stereocenters. The first-order chi connectivity index (χ1) is 13.1. The first kappa shape index (κ1) is 20.9. The molecule has 0 saturated heterocycles. The topological polar surface area (TPSA) is 84.5 Å². The van der Waals surface area contributed by atoms with E-state index in [0.717, 1.165) is 16.4 Å². The minimum absolute atomic E-state index is 0.287. The van der Waals surface area contributed by atoms with Crippen molar-refractivity contribution in [2.45, 2.75) is 12.8 Å². The van der Waals surface area contributed by atoms with Gasteiger partial charge in [0.15, 0.2) is 6.61 Å². The average molecular weight is 480 g/mol. The fourth-order valence-electron chi connectivity index (χ4n) is 2.31. The summed E-state index contributed by atoms with van der Waals surface area (Å²) in [5.74, 6) is -1.38. The van der Waals surface area contributed by atoms with Gasteiger partial charge in [-0.05, 0) is 53.1 Å². The molecule has 2 N–H and O–H groups in total. The molecule has 0 aliphatic rings. The normalized spacial score (nSPS) is 10.1. The van der Waals surface area contributed by atoms with Crippen LogP contribution in [0.15, 0.2) is 54.6 Å². The van der Waals surface area contributed by atoms with E-state index in [1.54, 1.807) is 18.2 Å². The molecule has 0 heterocycles. The highest BCUT2D eigenvalue weighted by molar-refractivity contribution is 14.1. The van der Waals surface area contributed by atoms with Gasteiger partial charge in [0, 0.05) is 10.1 Å². The standard InChI is InChI=1S/C20H21IN2O4/c21-17-11-5-4-10-16(17)20(26)23-13-19(25)27-14-18(24)22-12-6-9-15-7-2-1-3-8-15/h1-5,7-8,10-11H,6,9,12-14H2,(H,22,24)(H,23,26). The van der Waals surface area contributed by atoms with Gasteiger partial charge in [-0.2, -0.15) is 0 Å². The second-order valence-electron chi connectivity index (χ2n) is 5.76. The van der Waals surface area contributed by atoms with E-state index in [1.165, 1.54) is 5.56 Å². The molecule has 0 fully saturated rings. The van der Waals surface area contributed by atoms with Crippen LogP contribution >= 0.6 is 22.6 Å². The van der Waals surface area contributed by atoms with Crippen molar-refractivity contribution in [3.63, 3.8) is 0 Å². The number of nitrogens with one attached hydrogen (secondary N) is 2. The molecule has 27 heavy (non-hydrogen) atoms. The fourth-order valence-corrected chi connectivity index (χ4v) is 2.94. The van der Waals surface area contributed by atoms with E-state index >= 15 is 0 Å². The summed E-state index contributed by atoms with van der Waals surface area (Å²) in [4.78, 5) is 35.3. The molecule has 0 saturated carbocycles. The fraction of sp³-hybridized carbons (Fsp3) is 0.250. The van der Waals surface area contributed by atoms with Crippen molar-refractivity contribution in [3.8, 4) is 0 Å². The highest BCUT2D eigenvalue weighted by Gasteiger charge is 2.12. The number of carbonyl (C=O) groups excluding carboxylic acids is 3. The second-order valence-corrected chi connectivity index (χ2v) is 6.92. The molecular weight excluding hydrogens is 459 g/mol. The largest absolute Gasteiger partial charge is 0.454 e. The van der Waals surface area contributed by atoms with E-state index in [9.17, 15) is 14.4 Å². The molecule has 0 atom stereocenters. The van der Waals surface area contributed by atoms with Crippen LogP contribution in [0.4, 0.5) is 0 Å². The van der Waals surface area contributed by atoms with Crippen LogP contribution in [0.1, 0.15) is 22.3 Å². The van der Waals surface area contributed by atoms with Crippen molar-refractivity contribution >= 4 is 40.4 Å². The zero-order chi connectivity index (χ0) is 19.5. The molecule has 6 nitrogen and oxygen atoms in total. The van der Waals surface area contributed by atoms with Gasteiger partial charge in [-0.1, -0.05) is 42.5 Å². The lowest BCUT2D eigenvalue weighted by molar-refractivity contribution is -0.147. The van der Waals surface area contributed by atoms with Gasteiger partial charge < -0.3 is 15.4 Å². The van der Waals surface area contributed by atoms with E-state index in [2.05, 4.69) is 10.6 Å². The third-order valence-corrected chi connectivity index (χ3v) is 4.62. The number of ether oxygens (including phenoxy) is 1. The molecule has 2 aromatic rings. The van der Waals surface area contributed by atoms with E-state index < -0.39 is 5.97 Å². The van der Waals surface area contributed by atoms with Gasteiger partial charge in [-0.3, -0.25) is 14.4 Å². The minimum Gasteiger partial charge on any atom is -0.454 e. The summed E-state index contributed by atoms with van der Waals surface area (Å²) in [5, 5.41) is 5.19. The number of amides is 2. The van der Waals surface area contributed by atoms with Crippen molar-refractivity contribution in [1.82, 2.24) is 10.6 Å². The van der Waals surface area contributed by atoms with Gasteiger partial charge in [0.25, 0.3) is 11.8 Å². The molecule has 0 aromatic heterocycles. The van der Waals surface area contributed by atoms with E-state index in [0.29, 0.717) is 12.1 Å². The van der Waals surface area contributed by atoms with Crippen LogP contribution < -0.4 is 10.6 Å². The summed E-state index contributed by atoms with van der Waals surface area (Å²) < 4.78 is 5.66. The van der Waals surface area contributed by atoms with Crippen LogP contribution in [0.2, 0.25) is 0 Å². The summed E-state index contributed by atoms with van der Waals surface area (Å²) in [6.45, 7) is -0.136. The lowest BCUT2D eigenvalue weighted by atomic mass is 10.1. The maximum Gasteiger partial charge on any atom is 0.325 e. The number of rotatable bonds is 9. The Bertz CT molecular complexity index is 781.